The summed E-state index contributed by atoms with van der Waals surface area (Å²) in [5, 5.41) is 9.05. The van der Waals surface area contributed by atoms with Crippen LogP contribution in [0.2, 0.25) is 0 Å². The molecular weight excluding hydrogens is 458 g/mol. The minimum absolute atomic E-state index is 0.144. The number of hydrogen-bond donors (Lipinski definition) is 1. The van der Waals surface area contributed by atoms with Crippen molar-refractivity contribution in [1.29, 1.82) is 0 Å². The number of hydrogen-bond acceptors (Lipinski definition) is 6. The van der Waals surface area contributed by atoms with Crippen LogP contribution in [0.4, 0.5) is 5.69 Å². The summed E-state index contributed by atoms with van der Waals surface area (Å²) in [6.45, 7) is 1.59. The number of aliphatic carboxylic acids is 1. The number of anilines is 1. The van der Waals surface area contributed by atoms with Crippen molar-refractivity contribution in [2.45, 2.75) is 39.0 Å². The first-order chi connectivity index (χ1) is 16.1. The van der Waals surface area contributed by atoms with Crippen LogP contribution in [0.15, 0.2) is 48.5 Å². The van der Waals surface area contributed by atoms with Gasteiger partial charge < -0.3 is 14.6 Å². The second-order valence-corrected chi connectivity index (χ2v) is 9.58. The van der Waals surface area contributed by atoms with Gasteiger partial charge in [0.15, 0.2) is 0 Å². The van der Waals surface area contributed by atoms with Crippen LogP contribution in [0.3, 0.4) is 0 Å². The van der Waals surface area contributed by atoms with Crippen LogP contribution in [0.25, 0.3) is 6.08 Å². The summed E-state index contributed by atoms with van der Waals surface area (Å²) in [6, 6.07) is 12.4. The van der Waals surface area contributed by atoms with Crippen LogP contribution in [0.1, 0.15) is 43.7 Å². The number of nitrogens with zero attached hydrogens (tertiary/aromatic N) is 1. The smallest absolute Gasteiger partial charge is 0.303 e. The van der Waals surface area contributed by atoms with Crippen molar-refractivity contribution in [3.63, 3.8) is 0 Å². The Morgan fingerprint density at radius 3 is 2.38 bits per heavy atom. The van der Waals surface area contributed by atoms with E-state index < -0.39 is 21.9 Å². The summed E-state index contributed by atoms with van der Waals surface area (Å²) in [6.07, 6.45) is 7.66. The van der Waals surface area contributed by atoms with Gasteiger partial charge in [0, 0.05) is 13.3 Å². The van der Waals surface area contributed by atoms with E-state index in [1.54, 1.807) is 13.2 Å². The molecule has 184 valence electrons. The van der Waals surface area contributed by atoms with Crippen LogP contribution in [0.5, 0.6) is 11.5 Å². The highest BCUT2D eigenvalue weighted by molar-refractivity contribution is 7.92. The number of carbonyl (C=O) groups excluding carboxylic acids is 1. The highest BCUT2D eigenvalue weighted by atomic mass is 32.2. The molecule has 0 aliphatic carbocycles. The Kier molecular flexibility index (Phi) is 10.1. The van der Waals surface area contributed by atoms with Crippen molar-refractivity contribution in [3.05, 3.63) is 59.7 Å². The van der Waals surface area contributed by atoms with Crippen molar-refractivity contribution in [2.75, 3.05) is 24.3 Å². The van der Waals surface area contributed by atoms with E-state index in [1.165, 1.54) is 12.1 Å². The largest absolute Gasteiger partial charge is 0.497 e. The van der Waals surface area contributed by atoms with Gasteiger partial charge >= 0.3 is 5.97 Å². The Hall–Kier alpha value is -3.33. The number of unbranched alkanes of at least 4 members (excludes halogenated alkanes) is 2. The molecule has 34 heavy (non-hydrogen) atoms. The first-order valence-corrected chi connectivity index (χ1v) is 12.8. The molecule has 8 nitrogen and oxygen atoms in total. The number of carbonyl (C=O) groups is 2. The quantitative estimate of drug-likeness (QED) is 0.418. The van der Waals surface area contributed by atoms with Crippen molar-refractivity contribution in [2.24, 2.45) is 0 Å². The Balaban J connectivity index is 1.97. The molecule has 0 heterocycles. The highest BCUT2D eigenvalue weighted by Gasteiger charge is 2.23. The summed E-state index contributed by atoms with van der Waals surface area (Å²) >= 11 is 0. The van der Waals surface area contributed by atoms with Gasteiger partial charge in [0.2, 0.25) is 15.9 Å². The van der Waals surface area contributed by atoms with Gasteiger partial charge in [-0.25, -0.2) is 12.7 Å². The summed E-state index contributed by atoms with van der Waals surface area (Å²) in [4.78, 5) is 22.9. The average molecular weight is 490 g/mol. The molecule has 0 unspecified atom stereocenters. The molecule has 0 aliphatic rings. The Morgan fingerprint density at radius 1 is 1.09 bits per heavy atom. The minimum Gasteiger partial charge on any atom is -0.497 e. The lowest BCUT2D eigenvalue weighted by Gasteiger charge is -2.20. The van der Waals surface area contributed by atoms with E-state index in [0.29, 0.717) is 22.2 Å². The van der Waals surface area contributed by atoms with Gasteiger partial charge in [-0.15, -0.1) is 0 Å². The first kappa shape index (κ1) is 26.9. The molecular formula is C25H31NO7S. The molecule has 0 bridgehead atoms. The second-order valence-electron chi connectivity index (χ2n) is 7.75. The van der Waals surface area contributed by atoms with E-state index >= 15 is 0 Å². The molecule has 0 radical (unpaired) electrons. The molecule has 0 atom stereocenters. The summed E-state index contributed by atoms with van der Waals surface area (Å²) in [5.41, 5.74) is 1.79. The molecule has 0 spiro atoms. The molecule has 2 aromatic rings. The van der Waals surface area contributed by atoms with Crippen molar-refractivity contribution < 1.29 is 32.6 Å². The molecule has 0 saturated carbocycles. The Labute approximate surface area is 200 Å². The van der Waals surface area contributed by atoms with E-state index in [0.717, 1.165) is 43.8 Å². The number of sulfonamides is 1. The zero-order valence-corrected chi connectivity index (χ0v) is 20.5. The lowest BCUT2D eigenvalue weighted by atomic mass is 10.1. The van der Waals surface area contributed by atoms with Gasteiger partial charge in [-0.1, -0.05) is 24.3 Å². The molecule has 2 rings (SSSR count). The van der Waals surface area contributed by atoms with Crippen LogP contribution in [0, 0.1) is 0 Å². The minimum atomic E-state index is -3.82. The molecule has 0 saturated heterocycles. The zero-order valence-electron chi connectivity index (χ0n) is 19.7. The fourth-order valence-electron chi connectivity index (χ4n) is 3.36. The number of aryl methyl sites for hydroxylation is 1. The highest BCUT2D eigenvalue weighted by Crippen LogP contribution is 2.28. The van der Waals surface area contributed by atoms with Gasteiger partial charge in [0.25, 0.3) is 0 Å². The van der Waals surface area contributed by atoms with Crippen LogP contribution in [-0.2, 0) is 26.0 Å². The molecule has 0 aliphatic heterocycles. The van der Waals surface area contributed by atoms with Crippen LogP contribution >= 0.6 is 0 Å². The lowest BCUT2D eigenvalue weighted by molar-refractivity contribution is -0.137. The van der Waals surface area contributed by atoms with Crippen molar-refractivity contribution in [3.8, 4) is 11.5 Å². The second kappa shape index (κ2) is 12.8. The van der Waals surface area contributed by atoms with Gasteiger partial charge in [0.05, 0.1) is 25.7 Å². The van der Waals surface area contributed by atoms with E-state index in [9.17, 15) is 18.0 Å². The number of carboxylic acids is 1. The predicted octanol–water partition coefficient (Wildman–Crippen LogP) is 4.29. The zero-order chi connectivity index (χ0) is 25.1. The normalized spacial score (nSPS) is 11.4. The first-order valence-electron chi connectivity index (χ1n) is 10.9. The van der Waals surface area contributed by atoms with E-state index in [4.69, 9.17) is 14.6 Å². The molecule has 2 aromatic carbocycles. The van der Waals surface area contributed by atoms with Crippen LogP contribution < -0.4 is 13.8 Å². The molecule has 0 fully saturated rings. The number of allylic oxidation sites excluding steroid dienone is 1. The predicted molar refractivity (Wildman–Crippen MR) is 132 cm³/mol. The number of benzene rings is 2. The topological polar surface area (TPSA) is 110 Å². The van der Waals surface area contributed by atoms with Crippen molar-refractivity contribution in [1.82, 2.24) is 0 Å². The number of rotatable bonds is 13. The maximum Gasteiger partial charge on any atom is 0.303 e. The van der Waals surface area contributed by atoms with Crippen LogP contribution in [-0.4, -0.2) is 45.4 Å². The molecule has 0 aromatic heterocycles. The Morgan fingerprint density at radius 2 is 1.79 bits per heavy atom. The lowest BCUT2D eigenvalue weighted by Crippen LogP contribution is -2.34. The monoisotopic (exact) mass is 489 g/mol. The number of carboxylic acid groups (broad SMARTS) is 1. The van der Waals surface area contributed by atoms with Gasteiger partial charge in [-0.2, -0.15) is 0 Å². The van der Waals surface area contributed by atoms with Gasteiger partial charge in [-0.05, 0) is 67.1 Å². The standard InChI is InChI=1S/C25H31NO7S/c1-19(27)26(34(3,30)31)22-12-15-24(21(18-22)11-16-25(28)29)33-17-7-5-4-6-8-20-9-13-23(32-2)14-10-20/h6,8-10,12-15,18H,4-5,7,11,16-17H2,1-3H3,(H,28,29). The van der Waals surface area contributed by atoms with E-state index in [2.05, 4.69) is 6.08 Å². The summed E-state index contributed by atoms with van der Waals surface area (Å²) in [5.74, 6) is -0.333. The Bertz CT molecular complexity index is 1110. The third-order valence-corrected chi connectivity index (χ3v) is 6.08. The van der Waals surface area contributed by atoms with Gasteiger partial charge in [-0.3, -0.25) is 9.59 Å². The number of methoxy groups -OCH3 is 1. The third-order valence-electron chi connectivity index (χ3n) is 4.95. The maximum absolute atomic E-state index is 12.0. The average Bonchev–Trinajstić information content (AvgIpc) is 2.77. The van der Waals surface area contributed by atoms with Gasteiger partial charge in [0.1, 0.15) is 11.5 Å². The summed E-state index contributed by atoms with van der Waals surface area (Å²) in [7, 11) is -2.19. The van der Waals surface area contributed by atoms with E-state index in [-0.39, 0.29) is 18.5 Å². The summed E-state index contributed by atoms with van der Waals surface area (Å²) < 4.78 is 35.7. The van der Waals surface area contributed by atoms with Crippen molar-refractivity contribution >= 4 is 33.7 Å². The fraction of sp³-hybridized carbons (Fsp3) is 0.360. The molecule has 1 amide bonds. The molecule has 9 heteroatoms. The molecule has 1 N–H and O–H groups in total. The number of amides is 1. The maximum atomic E-state index is 12.0. The SMILES string of the molecule is COc1ccc(C=CCCCCOc2ccc(N(C(C)=O)S(C)(=O)=O)cc2CCC(=O)O)cc1. The number of ether oxygens (including phenoxy) is 2. The third kappa shape index (κ3) is 8.55. The fourth-order valence-corrected chi connectivity index (χ4v) is 4.32. The van der Waals surface area contributed by atoms with E-state index in [1.807, 2.05) is 30.3 Å².